The van der Waals surface area contributed by atoms with Crippen molar-refractivity contribution < 1.29 is 9.59 Å². The van der Waals surface area contributed by atoms with Crippen molar-refractivity contribution in [1.82, 2.24) is 29.8 Å². The van der Waals surface area contributed by atoms with Crippen LogP contribution in [0.15, 0.2) is 17.8 Å². The predicted molar refractivity (Wildman–Crippen MR) is 97.7 cm³/mol. The lowest BCUT2D eigenvalue weighted by molar-refractivity contribution is -0.131. The molecule has 1 fully saturated rings. The summed E-state index contributed by atoms with van der Waals surface area (Å²) in [5.74, 6) is -0.177. The number of carbonyl (C=O) groups excluding carboxylic acids is 2. The minimum Gasteiger partial charge on any atom is -0.342 e. The third-order valence-electron chi connectivity index (χ3n) is 4.67. The Kier molecular flexibility index (Phi) is 5.97. The maximum atomic E-state index is 12.9. The fraction of sp³-hybridized carbons (Fsp3) is 0.588. The Labute approximate surface area is 156 Å². The number of thiazole rings is 1. The highest BCUT2D eigenvalue weighted by atomic mass is 32.1. The molecule has 3 heterocycles. The van der Waals surface area contributed by atoms with E-state index in [1.54, 1.807) is 28.6 Å². The minimum absolute atomic E-state index is 0.00120. The number of carbonyl (C=O) groups is 2. The molecule has 0 bridgehead atoms. The van der Waals surface area contributed by atoms with Gasteiger partial charge in [0, 0.05) is 31.2 Å². The first-order valence-corrected chi connectivity index (χ1v) is 9.90. The van der Waals surface area contributed by atoms with E-state index in [1.165, 1.54) is 4.68 Å². The van der Waals surface area contributed by atoms with Crippen LogP contribution in [0.25, 0.3) is 0 Å². The van der Waals surface area contributed by atoms with Crippen LogP contribution in [0.5, 0.6) is 0 Å². The fourth-order valence-corrected chi connectivity index (χ4v) is 4.05. The van der Waals surface area contributed by atoms with Crippen molar-refractivity contribution in [2.45, 2.75) is 45.7 Å². The Morgan fingerprint density at radius 3 is 2.81 bits per heavy atom. The Hall–Kier alpha value is -2.29. The minimum atomic E-state index is -0.147. The number of hydrogen-bond donors (Lipinski definition) is 0. The summed E-state index contributed by atoms with van der Waals surface area (Å²) in [4.78, 5) is 33.1. The molecule has 8 nitrogen and oxygen atoms in total. The van der Waals surface area contributed by atoms with E-state index in [0.717, 1.165) is 24.3 Å². The Bertz CT molecular complexity index is 740. The van der Waals surface area contributed by atoms with Crippen LogP contribution in [0.3, 0.4) is 0 Å². The van der Waals surface area contributed by atoms with Crippen LogP contribution in [-0.4, -0.2) is 61.2 Å². The van der Waals surface area contributed by atoms with E-state index in [4.69, 9.17) is 0 Å². The van der Waals surface area contributed by atoms with E-state index in [1.807, 2.05) is 24.1 Å². The van der Waals surface area contributed by atoms with Crippen molar-refractivity contribution in [3.63, 3.8) is 0 Å². The van der Waals surface area contributed by atoms with Crippen molar-refractivity contribution in [2.24, 2.45) is 0 Å². The lowest BCUT2D eigenvalue weighted by Crippen LogP contribution is -2.38. The average molecular weight is 376 g/mol. The van der Waals surface area contributed by atoms with Crippen LogP contribution in [0.2, 0.25) is 0 Å². The molecule has 1 saturated heterocycles. The number of hydrogen-bond acceptors (Lipinski definition) is 6. The third-order valence-corrected chi connectivity index (χ3v) is 5.55. The first-order chi connectivity index (χ1) is 12.6. The molecule has 0 saturated carbocycles. The van der Waals surface area contributed by atoms with Crippen LogP contribution in [0.1, 0.15) is 54.6 Å². The largest absolute Gasteiger partial charge is 0.342 e. The normalized spacial score (nSPS) is 17.3. The first-order valence-electron chi connectivity index (χ1n) is 9.02. The molecule has 26 heavy (non-hydrogen) atoms. The molecule has 9 heteroatoms. The molecule has 1 atom stereocenters. The Morgan fingerprint density at radius 2 is 2.12 bits per heavy atom. The summed E-state index contributed by atoms with van der Waals surface area (Å²) in [5.41, 5.74) is 0.279. The van der Waals surface area contributed by atoms with E-state index in [-0.39, 0.29) is 30.1 Å². The highest BCUT2D eigenvalue weighted by Crippen LogP contribution is 2.32. The van der Waals surface area contributed by atoms with Crippen molar-refractivity contribution in [2.75, 3.05) is 19.6 Å². The molecular formula is C17H24N6O2S. The molecule has 0 spiro atoms. The molecule has 1 aliphatic heterocycles. The Morgan fingerprint density at radius 1 is 1.31 bits per heavy atom. The highest BCUT2D eigenvalue weighted by Gasteiger charge is 2.31. The molecule has 0 unspecified atom stereocenters. The molecule has 2 aromatic heterocycles. The first kappa shape index (κ1) is 18.5. The second-order valence-electron chi connectivity index (χ2n) is 6.25. The molecule has 0 aromatic carbocycles. The van der Waals surface area contributed by atoms with Crippen LogP contribution >= 0.6 is 11.3 Å². The zero-order valence-corrected chi connectivity index (χ0v) is 16.0. The molecule has 140 valence electrons. The lowest BCUT2D eigenvalue weighted by Gasteiger charge is -2.33. The molecule has 2 amide bonds. The van der Waals surface area contributed by atoms with E-state index in [9.17, 15) is 9.59 Å². The summed E-state index contributed by atoms with van der Waals surface area (Å²) in [6, 6.07) is -0.00120. The quantitative estimate of drug-likeness (QED) is 0.770. The van der Waals surface area contributed by atoms with E-state index < -0.39 is 0 Å². The topological polar surface area (TPSA) is 84.2 Å². The molecule has 0 N–H and O–H groups in total. The van der Waals surface area contributed by atoms with Crippen LogP contribution in [-0.2, 0) is 11.3 Å². The third kappa shape index (κ3) is 3.92. The lowest BCUT2D eigenvalue weighted by atomic mass is 10.0. The van der Waals surface area contributed by atoms with E-state index in [2.05, 4.69) is 15.3 Å². The standard InChI is InChI=1S/C17H24N6O2S/c1-3-21(4-2)15(24)12-22-11-13(19-20-22)17(25)23-9-6-5-7-14(23)16-18-8-10-26-16/h8,10-11,14H,3-7,9,12H2,1-2H3/t14-/m1/s1. The van der Waals surface area contributed by atoms with Gasteiger partial charge in [-0.2, -0.15) is 0 Å². The smallest absolute Gasteiger partial charge is 0.276 e. The second kappa shape index (κ2) is 8.39. The second-order valence-corrected chi connectivity index (χ2v) is 7.17. The van der Waals surface area contributed by atoms with Gasteiger partial charge in [-0.1, -0.05) is 5.21 Å². The number of rotatable bonds is 6. The summed E-state index contributed by atoms with van der Waals surface area (Å²) in [7, 11) is 0. The van der Waals surface area contributed by atoms with E-state index in [0.29, 0.717) is 19.6 Å². The number of piperidine rings is 1. The zero-order chi connectivity index (χ0) is 18.5. The van der Waals surface area contributed by atoms with Gasteiger partial charge in [0.1, 0.15) is 11.6 Å². The van der Waals surface area contributed by atoms with Crippen LogP contribution in [0, 0.1) is 0 Å². The van der Waals surface area contributed by atoms with E-state index >= 15 is 0 Å². The summed E-state index contributed by atoms with van der Waals surface area (Å²) in [5, 5.41) is 10.9. The molecule has 0 aliphatic carbocycles. The molecular weight excluding hydrogens is 352 g/mol. The molecule has 3 rings (SSSR count). The summed E-state index contributed by atoms with van der Waals surface area (Å²) >= 11 is 1.57. The van der Waals surface area contributed by atoms with Gasteiger partial charge < -0.3 is 9.80 Å². The monoisotopic (exact) mass is 376 g/mol. The Balaban J connectivity index is 1.71. The number of likely N-dealkylation sites (tertiary alicyclic amines) is 1. The van der Waals surface area contributed by atoms with Gasteiger partial charge >= 0.3 is 0 Å². The van der Waals surface area contributed by atoms with Gasteiger partial charge in [0.15, 0.2) is 5.69 Å². The number of nitrogens with zero attached hydrogens (tertiary/aromatic N) is 6. The van der Waals surface area contributed by atoms with Gasteiger partial charge in [-0.15, -0.1) is 16.4 Å². The van der Waals surface area contributed by atoms with Crippen molar-refractivity contribution in [3.8, 4) is 0 Å². The van der Waals surface area contributed by atoms with Crippen molar-refractivity contribution >= 4 is 23.2 Å². The summed E-state index contributed by atoms with van der Waals surface area (Å²) in [6.07, 6.45) is 6.30. The van der Waals surface area contributed by atoms with Gasteiger partial charge in [0.05, 0.1) is 12.2 Å². The van der Waals surface area contributed by atoms with Crippen molar-refractivity contribution in [3.05, 3.63) is 28.5 Å². The molecule has 1 aliphatic rings. The number of aromatic nitrogens is 4. The van der Waals surface area contributed by atoms with Crippen molar-refractivity contribution in [1.29, 1.82) is 0 Å². The van der Waals surface area contributed by atoms with Gasteiger partial charge in [-0.3, -0.25) is 9.59 Å². The number of likely N-dealkylation sites (N-methyl/N-ethyl adjacent to an activating group) is 1. The van der Waals surface area contributed by atoms with Gasteiger partial charge in [-0.05, 0) is 33.1 Å². The molecule has 2 aromatic rings. The molecule has 0 radical (unpaired) electrons. The van der Waals surface area contributed by atoms with Crippen LogP contribution < -0.4 is 0 Å². The SMILES string of the molecule is CCN(CC)C(=O)Cn1cc(C(=O)N2CCCC[C@@H]2c2nccs2)nn1. The van der Waals surface area contributed by atoms with Gasteiger partial charge in [-0.25, -0.2) is 9.67 Å². The van der Waals surface area contributed by atoms with Gasteiger partial charge in [0.25, 0.3) is 5.91 Å². The predicted octanol–water partition coefficient (Wildman–Crippen LogP) is 1.97. The number of amides is 2. The highest BCUT2D eigenvalue weighted by molar-refractivity contribution is 7.09. The maximum absolute atomic E-state index is 12.9. The zero-order valence-electron chi connectivity index (χ0n) is 15.2. The average Bonchev–Trinajstić information content (AvgIpc) is 3.34. The summed E-state index contributed by atoms with van der Waals surface area (Å²) in [6.45, 7) is 5.96. The maximum Gasteiger partial charge on any atom is 0.276 e. The van der Waals surface area contributed by atoms with Gasteiger partial charge in [0.2, 0.25) is 5.91 Å². The fourth-order valence-electron chi connectivity index (χ4n) is 3.27. The van der Waals surface area contributed by atoms with Crippen LogP contribution in [0.4, 0.5) is 0 Å². The summed E-state index contributed by atoms with van der Waals surface area (Å²) < 4.78 is 1.44.